The van der Waals surface area contributed by atoms with Gasteiger partial charge in [0.2, 0.25) is 5.91 Å². The maximum absolute atomic E-state index is 12.7. The van der Waals surface area contributed by atoms with Gasteiger partial charge in [-0.2, -0.15) is 0 Å². The van der Waals surface area contributed by atoms with Gasteiger partial charge in [0.05, 0.1) is 5.41 Å². The Bertz CT molecular complexity index is 299. The molecule has 4 nitrogen and oxygen atoms in total. The van der Waals surface area contributed by atoms with Gasteiger partial charge >= 0.3 is 0 Å². The van der Waals surface area contributed by atoms with Crippen LogP contribution in [0.15, 0.2) is 0 Å². The number of rotatable bonds is 3. The molecule has 6 heteroatoms. The number of hydrogen-bond donors (Lipinski definition) is 1. The van der Waals surface area contributed by atoms with Crippen molar-refractivity contribution in [2.24, 2.45) is 11.1 Å². The predicted molar refractivity (Wildman–Crippen MR) is 87.7 cm³/mol. The summed E-state index contributed by atoms with van der Waals surface area (Å²) >= 11 is 0. The molecule has 1 aliphatic heterocycles. The molecule has 0 bridgehead atoms. The lowest BCUT2D eigenvalue weighted by molar-refractivity contribution is -0.143. The molecule has 2 rings (SSSR count). The van der Waals surface area contributed by atoms with Crippen LogP contribution in [0.25, 0.3) is 0 Å². The minimum absolute atomic E-state index is 0. The first-order chi connectivity index (χ1) is 8.59. The summed E-state index contributed by atoms with van der Waals surface area (Å²) in [6.45, 7) is 8.72. The van der Waals surface area contributed by atoms with Crippen molar-refractivity contribution in [2.45, 2.75) is 45.6 Å². The van der Waals surface area contributed by atoms with Crippen LogP contribution in [0.1, 0.15) is 39.5 Å². The fourth-order valence-corrected chi connectivity index (χ4v) is 3.33. The van der Waals surface area contributed by atoms with Gasteiger partial charge in [0.15, 0.2) is 0 Å². The monoisotopic (exact) mass is 325 g/mol. The zero-order valence-corrected chi connectivity index (χ0v) is 14.3. The Balaban J connectivity index is 0.00000180. The van der Waals surface area contributed by atoms with E-state index in [0.29, 0.717) is 18.5 Å². The Labute approximate surface area is 135 Å². The van der Waals surface area contributed by atoms with Crippen molar-refractivity contribution in [2.75, 3.05) is 32.7 Å². The van der Waals surface area contributed by atoms with E-state index in [-0.39, 0.29) is 30.2 Å². The predicted octanol–water partition coefficient (Wildman–Crippen LogP) is 1.90. The molecule has 1 saturated carbocycles. The number of halogens is 2. The summed E-state index contributed by atoms with van der Waals surface area (Å²) < 4.78 is 0. The zero-order chi connectivity index (χ0) is 13.2. The Morgan fingerprint density at radius 1 is 1.10 bits per heavy atom. The van der Waals surface area contributed by atoms with Crippen molar-refractivity contribution in [3.63, 3.8) is 0 Å². The third kappa shape index (κ3) is 4.00. The second-order valence-electron chi connectivity index (χ2n) is 6.11. The lowest BCUT2D eigenvalue weighted by Crippen LogP contribution is -2.55. The van der Waals surface area contributed by atoms with Gasteiger partial charge in [0.25, 0.3) is 0 Å². The summed E-state index contributed by atoms with van der Waals surface area (Å²) in [5.41, 5.74) is 5.67. The van der Waals surface area contributed by atoms with Gasteiger partial charge in [-0.05, 0) is 26.7 Å². The van der Waals surface area contributed by atoms with Crippen LogP contribution in [0.2, 0.25) is 0 Å². The van der Waals surface area contributed by atoms with Gasteiger partial charge < -0.3 is 10.6 Å². The molecular formula is C14H29Cl2N3O. The van der Waals surface area contributed by atoms with E-state index in [1.807, 2.05) is 0 Å². The molecule has 0 atom stereocenters. The van der Waals surface area contributed by atoms with Gasteiger partial charge in [-0.1, -0.05) is 12.8 Å². The normalized spacial score (nSPS) is 22.3. The Morgan fingerprint density at radius 2 is 1.60 bits per heavy atom. The summed E-state index contributed by atoms with van der Waals surface area (Å²) in [5.74, 6) is 0.325. The van der Waals surface area contributed by atoms with Crippen molar-refractivity contribution in [1.29, 1.82) is 0 Å². The summed E-state index contributed by atoms with van der Waals surface area (Å²) in [6.07, 6.45) is 4.31. The van der Waals surface area contributed by atoms with Gasteiger partial charge in [0.1, 0.15) is 0 Å². The average Bonchev–Trinajstić information content (AvgIpc) is 2.88. The Morgan fingerprint density at radius 3 is 2.00 bits per heavy atom. The van der Waals surface area contributed by atoms with Crippen LogP contribution in [0.3, 0.4) is 0 Å². The zero-order valence-electron chi connectivity index (χ0n) is 12.6. The van der Waals surface area contributed by atoms with Gasteiger partial charge in [-0.3, -0.25) is 9.69 Å². The van der Waals surface area contributed by atoms with E-state index in [1.165, 1.54) is 0 Å². The first kappa shape index (κ1) is 20.0. The highest BCUT2D eigenvalue weighted by Gasteiger charge is 2.42. The maximum Gasteiger partial charge on any atom is 0.230 e. The number of nitrogens with two attached hydrogens (primary N) is 1. The molecule has 2 aliphatic rings. The smallest absolute Gasteiger partial charge is 0.230 e. The third-order valence-corrected chi connectivity index (χ3v) is 4.74. The van der Waals surface area contributed by atoms with Gasteiger partial charge in [-0.15, -0.1) is 24.8 Å². The molecule has 1 aliphatic carbocycles. The minimum atomic E-state index is -0.222. The molecule has 1 amide bonds. The summed E-state index contributed by atoms with van der Waals surface area (Å²) in [6, 6.07) is 0.581. The van der Waals surface area contributed by atoms with E-state index in [9.17, 15) is 4.79 Å². The quantitative estimate of drug-likeness (QED) is 0.862. The van der Waals surface area contributed by atoms with Crippen molar-refractivity contribution < 1.29 is 4.79 Å². The van der Waals surface area contributed by atoms with Crippen LogP contribution >= 0.6 is 24.8 Å². The largest absolute Gasteiger partial charge is 0.340 e. The lowest BCUT2D eigenvalue weighted by Gasteiger charge is -2.40. The average molecular weight is 326 g/mol. The van der Waals surface area contributed by atoms with E-state index in [0.717, 1.165) is 51.9 Å². The van der Waals surface area contributed by atoms with Crippen LogP contribution in [0.4, 0.5) is 0 Å². The molecule has 0 unspecified atom stereocenters. The van der Waals surface area contributed by atoms with Crippen LogP contribution < -0.4 is 5.73 Å². The van der Waals surface area contributed by atoms with E-state index in [4.69, 9.17) is 5.73 Å². The van der Waals surface area contributed by atoms with E-state index >= 15 is 0 Å². The molecule has 0 aromatic heterocycles. The van der Waals surface area contributed by atoms with Gasteiger partial charge in [-0.25, -0.2) is 0 Å². The van der Waals surface area contributed by atoms with Crippen LogP contribution in [-0.2, 0) is 4.79 Å². The number of hydrogen-bond acceptors (Lipinski definition) is 3. The van der Waals surface area contributed by atoms with Crippen molar-refractivity contribution in [3.8, 4) is 0 Å². The molecule has 0 radical (unpaired) electrons. The summed E-state index contributed by atoms with van der Waals surface area (Å²) in [7, 11) is 0. The maximum atomic E-state index is 12.7. The summed E-state index contributed by atoms with van der Waals surface area (Å²) in [5, 5.41) is 0. The van der Waals surface area contributed by atoms with E-state index in [2.05, 4.69) is 23.6 Å². The van der Waals surface area contributed by atoms with Crippen LogP contribution in [0.5, 0.6) is 0 Å². The number of amides is 1. The molecule has 0 spiro atoms. The molecule has 2 fully saturated rings. The fraction of sp³-hybridized carbons (Fsp3) is 0.929. The second kappa shape index (κ2) is 8.42. The van der Waals surface area contributed by atoms with Crippen LogP contribution in [0, 0.1) is 5.41 Å². The standard InChI is InChI=1S/C14H27N3O.2ClH/c1-12(2)16-7-9-17(10-8-16)13(18)14(11-15)5-3-4-6-14;;/h12H,3-11,15H2,1-2H3;2*1H. The first-order valence-electron chi connectivity index (χ1n) is 7.32. The fourth-order valence-electron chi connectivity index (χ4n) is 3.33. The van der Waals surface area contributed by atoms with E-state index < -0.39 is 0 Å². The first-order valence-corrected chi connectivity index (χ1v) is 7.32. The molecule has 20 heavy (non-hydrogen) atoms. The number of carbonyl (C=O) groups excluding carboxylic acids is 1. The van der Waals surface area contributed by atoms with Gasteiger partial charge in [0, 0.05) is 38.8 Å². The lowest BCUT2D eigenvalue weighted by atomic mass is 9.84. The molecule has 1 saturated heterocycles. The summed E-state index contributed by atoms with van der Waals surface area (Å²) in [4.78, 5) is 17.1. The second-order valence-corrected chi connectivity index (χ2v) is 6.11. The molecule has 0 aromatic carbocycles. The van der Waals surface area contributed by atoms with Crippen LogP contribution in [-0.4, -0.2) is 54.5 Å². The third-order valence-electron chi connectivity index (χ3n) is 4.74. The van der Waals surface area contributed by atoms with E-state index in [1.54, 1.807) is 0 Å². The van der Waals surface area contributed by atoms with Crippen molar-refractivity contribution >= 4 is 30.7 Å². The number of nitrogens with zero attached hydrogens (tertiary/aromatic N) is 2. The SMILES string of the molecule is CC(C)N1CCN(C(=O)C2(CN)CCCC2)CC1.Cl.Cl. The molecular weight excluding hydrogens is 297 g/mol. The topological polar surface area (TPSA) is 49.6 Å². The minimum Gasteiger partial charge on any atom is -0.340 e. The molecule has 0 aromatic rings. The highest BCUT2D eigenvalue weighted by atomic mass is 35.5. The number of piperazine rings is 1. The highest BCUT2D eigenvalue weighted by molar-refractivity contribution is 5.85. The van der Waals surface area contributed by atoms with Crippen molar-refractivity contribution in [1.82, 2.24) is 9.80 Å². The molecule has 2 N–H and O–H groups in total. The number of carbonyl (C=O) groups is 1. The highest BCUT2D eigenvalue weighted by Crippen LogP contribution is 2.39. The molecule has 1 heterocycles. The van der Waals surface area contributed by atoms with Crippen molar-refractivity contribution in [3.05, 3.63) is 0 Å². The Kier molecular flexibility index (Phi) is 8.41. The Hall–Kier alpha value is -0.0300. The molecule has 120 valence electrons.